The monoisotopic (exact) mass is 734 g/mol. The number of carbonyl (C=O) groups is 3. The summed E-state index contributed by atoms with van der Waals surface area (Å²) >= 11 is 7.54. The molecule has 1 aromatic heterocycles. The van der Waals surface area contributed by atoms with E-state index in [4.69, 9.17) is 22.1 Å². The Hall–Kier alpha value is -4.14. The summed E-state index contributed by atoms with van der Waals surface area (Å²) in [5, 5.41) is 6.25. The Morgan fingerprint density at radius 1 is 0.875 bits per heavy atom. The lowest BCUT2D eigenvalue weighted by atomic mass is 10.2. The van der Waals surface area contributed by atoms with Crippen LogP contribution in [0.4, 0.5) is 29.3 Å². The molecule has 1 atom stereocenters. The number of rotatable bonds is 10. The number of carbonyl (C=O) groups excluding carboxylic acids is 3. The molecule has 2 amide bonds. The summed E-state index contributed by atoms with van der Waals surface area (Å²) in [4.78, 5) is 39.8. The molecule has 0 saturated carbocycles. The van der Waals surface area contributed by atoms with Crippen LogP contribution in [-0.4, -0.2) is 34.0 Å². The number of hydrogen-bond donors (Lipinski definition) is 3. The summed E-state index contributed by atoms with van der Waals surface area (Å²) in [5.74, 6) is -1.11. The number of amides is 2. The minimum Gasteiger partial charge on any atom is -0.459 e. The van der Waals surface area contributed by atoms with Crippen molar-refractivity contribution in [1.82, 2.24) is 4.57 Å². The van der Waals surface area contributed by atoms with Crippen molar-refractivity contribution in [1.29, 1.82) is 0 Å². The zero-order valence-electron chi connectivity index (χ0n) is 24.7. The first-order valence-electron chi connectivity index (χ1n) is 13.9. The number of ether oxygens (including phenoxy) is 1. The highest BCUT2D eigenvalue weighted by Crippen LogP contribution is 2.37. The van der Waals surface area contributed by atoms with E-state index < -0.39 is 29.5 Å². The first kappa shape index (κ1) is 36.7. The van der Waals surface area contributed by atoms with Crippen LogP contribution in [0.15, 0.2) is 113 Å². The van der Waals surface area contributed by atoms with Crippen molar-refractivity contribution >= 4 is 87.7 Å². The Morgan fingerprint density at radius 2 is 1.54 bits per heavy atom. The first-order chi connectivity index (χ1) is 22.4. The van der Waals surface area contributed by atoms with Gasteiger partial charge in [0.15, 0.2) is 6.04 Å². The van der Waals surface area contributed by atoms with Crippen LogP contribution < -0.4 is 16.4 Å². The molecule has 0 aliphatic heterocycles. The Kier molecular flexibility index (Phi) is 12.5. The van der Waals surface area contributed by atoms with Gasteiger partial charge in [0.05, 0.1) is 11.2 Å². The van der Waals surface area contributed by atoms with Gasteiger partial charge in [-0.25, -0.2) is 9.59 Å². The van der Waals surface area contributed by atoms with E-state index in [0.29, 0.717) is 27.4 Å². The number of nitrogens with zero attached hydrogens (tertiary/aromatic N) is 1. The molecule has 4 N–H and O–H groups in total. The average molecular weight is 736 g/mol. The zero-order chi connectivity index (χ0) is 33.6. The van der Waals surface area contributed by atoms with Gasteiger partial charge in [-0.3, -0.25) is 9.36 Å². The minimum absolute atomic E-state index is 0. The Bertz CT molecular complexity index is 1890. The second-order valence-corrected chi connectivity index (χ2v) is 12.7. The number of hydrogen-bond acceptors (Lipinski definition) is 7. The van der Waals surface area contributed by atoms with Gasteiger partial charge in [0.25, 0.3) is 5.91 Å². The maximum Gasteiger partial charge on any atom is 0.446 e. The molecule has 0 aliphatic carbocycles. The fraction of sp³-hybridized carbons (Fsp3) is 0.121. The number of halogens is 5. The van der Waals surface area contributed by atoms with Gasteiger partial charge in [0.2, 0.25) is 0 Å². The lowest BCUT2D eigenvalue weighted by molar-refractivity contribution is -0.145. The van der Waals surface area contributed by atoms with Crippen molar-refractivity contribution < 1.29 is 32.3 Å². The highest BCUT2D eigenvalue weighted by atomic mass is 35.5. The fourth-order valence-corrected chi connectivity index (χ4v) is 5.99. The number of nitrogens with one attached hydrogen (secondary N) is 2. The molecule has 4 aromatic carbocycles. The molecule has 0 bridgehead atoms. The van der Waals surface area contributed by atoms with Crippen molar-refractivity contribution in [2.75, 3.05) is 10.6 Å². The molecule has 0 aliphatic rings. The third-order valence-corrected chi connectivity index (χ3v) is 8.73. The zero-order valence-corrected chi connectivity index (χ0v) is 27.9. The maximum absolute atomic E-state index is 13.3. The van der Waals surface area contributed by atoms with Gasteiger partial charge in [-0.05, 0) is 77.5 Å². The standard InChI is InChI=1S/C33H26ClF3N4O4S2.ClH/c34-22-8-15-28-26(16-22)27(17-41(28)30(42)29(38)31(43)45-18-20-4-2-1-3-5-20)40-32(44)39-23-9-13-24(14-10-23)46-19-21-6-11-25(12-7-21)47-33(35,36)37;/h1-17,29H,18-19,38H2,(H2,39,40,44);1H. The predicted octanol–water partition coefficient (Wildman–Crippen LogP) is 8.98. The van der Waals surface area contributed by atoms with Crippen molar-refractivity contribution in [3.8, 4) is 0 Å². The van der Waals surface area contributed by atoms with Crippen LogP contribution in [0.1, 0.15) is 15.9 Å². The smallest absolute Gasteiger partial charge is 0.446 e. The third-order valence-electron chi connectivity index (χ3n) is 6.67. The maximum atomic E-state index is 13.3. The van der Waals surface area contributed by atoms with Gasteiger partial charge >= 0.3 is 17.5 Å². The quantitative estimate of drug-likeness (QED) is 0.0745. The minimum atomic E-state index is -4.33. The highest BCUT2D eigenvalue weighted by molar-refractivity contribution is 8.00. The average Bonchev–Trinajstić information content (AvgIpc) is 3.39. The Labute approximate surface area is 292 Å². The van der Waals surface area contributed by atoms with Crippen LogP contribution in [0, 0.1) is 0 Å². The number of fused-ring (bicyclic) bond motifs is 1. The molecule has 250 valence electrons. The lowest BCUT2D eigenvalue weighted by Crippen LogP contribution is -2.42. The molecule has 5 rings (SSSR count). The molecule has 15 heteroatoms. The molecule has 0 spiro atoms. The molecular formula is C33H27Cl2F3N4O4S2. The van der Waals surface area contributed by atoms with Crippen LogP contribution >= 0.6 is 47.5 Å². The number of esters is 1. The van der Waals surface area contributed by atoms with E-state index >= 15 is 0 Å². The molecule has 8 nitrogen and oxygen atoms in total. The predicted molar refractivity (Wildman–Crippen MR) is 186 cm³/mol. The first-order valence-corrected chi connectivity index (χ1v) is 16.1. The largest absolute Gasteiger partial charge is 0.459 e. The van der Waals surface area contributed by atoms with E-state index in [-0.39, 0.29) is 41.4 Å². The van der Waals surface area contributed by atoms with Gasteiger partial charge in [0, 0.05) is 37.8 Å². The van der Waals surface area contributed by atoms with Crippen LogP contribution in [0.3, 0.4) is 0 Å². The number of thioether (sulfide) groups is 2. The number of alkyl halides is 3. The van der Waals surface area contributed by atoms with Crippen molar-refractivity contribution in [2.24, 2.45) is 5.73 Å². The number of urea groups is 1. The molecular weight excluding hydrogens is 708 g/mol. The van der Waals surface area contributed by atoms with E-state index in [1.807, 2.05) is 6.07 Å². The fourth-order valence-electron chi connectivity index (χ4n) is 4.43. The Balaban J connectivity index is 0.00000520. The highest BCUT2D eigenvalue weighted by Gasteiger charge is 2.29. The molecule has 1 unspecified atom stereocenters. The normalized spacial score (nSPS) is 11.8. The van der Waals surface area contributed by atoms with Gasteiger partial charge in [-0.2, -0.15) is 13.2 Å². The van der Waals surface area contributed by atoms with Gasteiger partial charge in [-0.15, -0.1) is 24.2 Å². The van der Waals surface area contributed by atoms with E-state index in [9.17, 15) is 27.6 Å². The summed E-state index contributed by atoms with van der Waals surface area (Å²) in [5.41, 5.74) is 4.36. The Morgan fingerprint density at radius 3 is 2.21 bits per heavy atom. The summed E-state index contributed by atoms with van der Waals surface area (Å²) < 4.78 is 44.0. The lowest BCUT2D eigenvalue weighted by Gasteiger charge is -2.12. The second kappa shape index (κ2) is 16.3. The van der Waals surface area contributed by atoms with Gasteiger partial charge in [-0.1, -0.05) is 54.1 Å². The molecule has 0 saturated heterocycles. The van der Waals surface area contributed by atoms with Crippen LogP contribution in [0.2, 0.25) is 5.02 Å². The molecule has 48 heavy (non-hydrogen) atoms. The number of aromatic nitrogens is 1. The van der Waals surface area contributed by atoms with Gasteiger partial charge < -0.3 is 21.1 Å². The summed E-state index contributed by atoms with van der Waals surface area (Å²) in [7, 11) is 0. The third kappa shape index (κ3) is 9.94. The second-order valence-electron chi connectivity index (χ2n) is 10.1. The van der Waals surface area contributed by atoms with Gasteiger partial charge in [0.1, 0.15) is 6.61 Å². The van der Waals surface area contributed by atoms with Crippen molar-refractivity contribution in [3.63, 3.8) is 0 Å². The van der Waals surface area contributed by atoms with E-state index in [0.717, 1.165) is 16.0 Å². The topological polar surface area (TPSA) is 115 Å². The molecule has 1 heterocycles. The number of benzene rings is 4. The number of nitrogens with two attached hydrogens (primary N) is 1. The number of anilines is 2. The van der Waals surface area contributed by atoms with E-state index in [1.54, 1.807) is 78.9 Å². The SMILES string of the molecule is Cl.NC(C(=O)OCc1ccccc1)C(=O)n1cc(NC(=O)Nc2ccc(SCc3ccc(SC(F)(F)F)cc3)cc2)c2cc(Cl)ccc21. The van der Waals surface area contributed by atoms with Crippen molar-refractivity contribution in [2.45, 2.75) is 33.7 Å². The van der Waals surface area contributed by atoms with E-state index in [1.165, 1.54) is 34.7 Å². The van der Waals surface area contributed by atoms with Crippen molar-refractivity contribution in [3.05, 3.63) is 119 Å². The van der Waals surface area contributed by atoms with Crippen LogP contribution in [0.5, 0.6) is 0 Å². The molecule has 0 fully saturated rings. The summed E-state index contributed by atoms with van der Waals surface area (Å²) in [6, 6.07) is 24.7. The summed E-state index contributed by atoms with van der Waals surface area (Å²) in [6.07, 6.45) is 1.36. The van der Waals surface area contributed by atoms with E-state index in [2.05, 4.69) is 10.6 Å². The summed E-state index contributed by atoms with van der Waals surface area (Å²) in [6.45, 7) is -0.0449. The molecule has 5 aromatic rings. The molecule has 0 radical (unpaired) electrons. The van der Waals surface area contributed by atoms with Crippen LogP contribution in [0.25, 0.3) is 10.9 Å². The van der Waals surface area contributed by atoms with Crippen LogP contribution in [-0.2, 0) is 21.9 Å².